The van der Waals surface area contributed by atoms with Gasteiger partial charge in [-0.2, -0.15) is 5.10 Å². The summed E-state index contributed by atoms with van der Waals surface area (Å²) in [5.74, 6) is 1.19. The first-order valence-corrected chi connectivity index (χ1v) is 17.5. The molecule has 9 rings (SSSR count). The molecule has 3 aromatic carbocycles. The zero-order valence-corrected chi connectivity index (χ0v) is 28.0. The number of nitrogens with zero attached hydrogens (tertiary/aromatic N) is 5. The lowest BCUT2D eigenvalue weighted by atomic mass is 9.98. The summed E-state index contributed by atoms with van der Waals surface area (Å²) in [4.78, 5) is 21.7. The average Bonchev–Trinajstić information content (AvgIpc) is 3.71. The van der Waals surface area contributed by atoms with E-state index in [1.807, 2.05) is 29.1 Å². The molecule has 0 aliphatic carbocycles. The van der Waals surface area contributed by atoms with Gasteiger partial charge in [0, 0.05) is 42.0 Å². The highest BCUT2D eigenvalue weighted by Crippen LogP contribution is 2.32. The molecule has 51 heavy (non-hydrogen) atoms. The summed E-state index contributed by atoms with van der Waals surface area (Å²) >= 11 is 0. The Bertz CT molecular complexity index is 2250. The minimum atomic E-state index is -0.963. The van der Waals surface area contributed by atoms with Crippen LogP contribution < -0.4 is 9.47 Å². The maximum Gasteiger partial charge on any atom is 0.335 e. The van der Waals surface area contributed by atoms with Crippen molar-refractivity contribution in [3.8, 4) is 34.0 Å². The van der Waals surface area contributed by atoms with Crippen molar-refractivity contribution in [2.75, 3.05) is 26.4 Å². The van der Waals surface area contributed by atoms with Gasteiger partial charge in [-0.15, -0.1) is 0 Å². The molecule has 2 fully saturated rings. The number of carboxylic acid groups (broad SMARTS) is 1. The Balaban J connectivity index is 1.03. The van der Waals surface area contributed by atoms with E-state index in [0.29, 0.717) is 51.3 Å². The third kappa shape index (κ3) is 6.34. The van der Waals surface area contributed by atoms with Gasteiger partial charge in [0.25, 0.3) is 0 Å². The van der Waals surface area contributed by atoms with Crippen LogP contribution >= 0.6 is 0 Å². The predicted octanol–water partition coefficient (Wildman–Crippen LogP) is 6.52. The van der Waals surface area contributed by atoms with Crippen molar-refractivity contribution in [2.45, 2.75) is 51.0 Å². The Hall–Kier alpha value is -5.52. The summed E-state index contributed by atoms with van der Waals surface area (Å²) in [6.07, 6.45) is 7.17. The third-order valence-corrected chi connectivity index (χ3v) is 10.0. The fourth-order valence-electron chi connectivity index (χ4n) is 6.94. The van der Waals surface area contributed by atoms with Crippen LogP contribution in [0.4, 0.5) is 0 Å². The lowest BCUT2D eigenvalue weighted by molar-refractivity contribution is -0.0589. The molecule has 3 aromatic heterocycles. The van der Waals surface area contributed by atoms with Crippen LogP contribution in [0.2, 0.25) is 0 Å². The second kappa shape index (κ2) is 13.3. The Morgan fingerprint density at radius 2 is 1.80 bits per heavy atom. The Morgan fingerprint density at radius 3 is 2.63 bits per heavy atom. The Morgan fingerprint density at radius 1 is 0.902 bits per heavy atom. The molecular formula is C40H37N5O6. The van der Waals surface area contributed by atoms with E-state index in [2.05, 4.69) is 52.3 Å². The lowest BCUT2D eigenvalue weighted by Gasteiger charge is -2.27. The maximum atomic E-state index is 11.8. The second-order valence-electron chi connectivity index (χ2n) is 13.4. The number of aryl methyl sites for hydroxylation is 1. The van der Waals surface area contributed by atoms with E-state index in [9.17, 15) is 9.90 Å². The number of aromatic nitrogens is 5. The van der Waals surface area contributed by atoms with E-state index < -0.39 is 5.97 Å². The number of carbonyl (C=O) groups is 1. The monoisotopic (exact) mass is 683 g/mol. The SMILES string of the molecule is O=C(O)c1ccc2nc(Cc3ccc4cc3OCCCc3cc(-c5cnn(C6COC6)c5)ccc3COc3cccc-4n3)n(C[C@@H]3CCO3)c2c1. The summed E-state index contributed by atoms with van der Waals surface area (Å²) in [6, 6.07) is 23.9. The zero-order chi connectivity index (χ0) is 34.3. The van der Waals surface area contributed by atoms with Crippen LogP contribution in [0.3, 0.4) is 0 Å². The van der Waals surface area contributed by atoms with Gasteiger partial charge in [0.15, 0.2) is 0 Å². The molecule has 258 valence electrons. The number of carboxylic acids is 1. The molecular weight excluding hydrogens is 646 g/mol. The molecule has 0 radical (unpaired) electrons. The largest absolute Gasteiger partial charge is 0.493 e. The number of pyridine rings is 1. The van der Waals surface area contributed by atoms with E-state index in [1.54, 1.807) is 18.2 Å². The van der Waals surface area contributed by atoms with Gasteiger partial charge >= 0.3 is 5.97 Å². The number of imidazole rings is 1. The van der Waals surface area contributed by atoms with Crippen molar-refractivity contribution in [3.05, 3.63) is 113 Å². The van der Waals surface area contributed by atoms with Crippen LogP contribution in [0, 0.1) is 0 Å². The van der Waals surface area contributed by atoms with E-state index in [1.165, 1.54) is 5.56 Å². The maximum absolute atomic E-state index is 11.8. The number of rotatable bonds is 7. The number of hydrogen-bond donors (Lipinski definition) is 1. The van der Waals surface area contributed by atoms with Gasteiger partial charge in [-0.25, -0.2) is 14.8 Å². The predicted molar refractivity (Wildman–Crippen MR) is 189 cm³/mol. The third-order valence-electron chi connectivity index (χ3n) is 10.0. The van der Waals surface area contributed by atoms with Gasteiger partial charge in [0.1, 0.15) is 18.2 Å². The van der Waals surface area contributed by atoms with Gasteiger partial charge in [-0.1, -0.05) is 36.4 Å². The fourth-order valence-corrected chi connectivity index (χ4v) is 6.94. The topological polar surface area (TPSA) is 123 Å². The zero-order valence-electron chi connectivity index (χ0n) is 28.0. The fraction of sp³-hybridized carbons (Fsp3) is 0.300. The standard InChI is InChI=1S/C40H37N5O6/c46-40(47)29-10-11-35-36(16-29)44(21-33-12-14-49-33)38(42-35)18-28-8-7-27-17-37(28)50-13-2-3-25-15-26(31-19-41-45(20-31)32-23-48-24-32)6-9-30(25)22-51-39-5-1-4-34(27)43-39/h1,4-11,15-17,19-20,32-33H,2-3,12-14,18,21-24H2,(H,46,47)/t33-/m0/s1. The number of fused-ring (bicyclic) bond motifs is 7. The highest BCUT2D eigenvalue weighted by molar-refractivity contribution is 5.92. The molecule has 1 N–H and O–H groups in total. The van der Waals surface area contributed by atoms with Crippen LogP contribution in [0.5, 0.6) is 11.6 Å². The van der Waals surface area contributed by atoms with Gasteiger partial charge in [-0.3, -0.25) is 4.68 Å². The average molecular weight is 684 g/mol. The Kier molecular flexibility index (Phi) is 8.21. The molecule has 2 saturated heterocycles. The molecule has 0 amide bonds. The van der Waals surface area contributed by atoms with Gasteiger partial charge in [-0.05, 0) is 66.3 Å². The van der Waals surface area contributed by atoms with Crippen LogP contribution in [0.25, 0.3) is 33.4 Å². The van der Waals surface area contributed by atoms with Crippen LogP contribution in [0.15, 0.2) is 85.2 Å². The molecule has 11 heteroatoms. The molecule has 6 heterocycles. The minimum absolute atomic E-state index is 0.0729. The molecule has 1 atom stereocenters. The first-order valence-electron chi connectivity index (χ1n) is 17.5. The van der Waals surface area contributed by atoms with Crippen molar-refractivity contribution in [2.24, 2.45) is 0 Å². The van der Waals surface area contributed by atoms with Crippen molar-refractivity contribution in [1.29, 1.82) is 0 Å². The van der Waals surface area contributed by atoms with E-state index >= 15 is 0 Å². The second-order valence-corrected chi connectivity index (χ2v) is 13.4. The molecule has 4 bridgehead atoms. The molecule has 11 nitrogen and oxygen atoms in total. The van der Waals surface area contributed by atoms with Crippen LogP contribution in [0.1, 0.15) is 51.8 Å². The van der Waals surface area contributed by atoms with Crippen LogP contribution in [-0.4, -0.2) is 67.9 Å². The molecule has 3 aliphatic heterocycles. The van der Waals surface area contributed by atoms with Gasteiger partial charge < -0.3 is 28.6 Å². The highest BCUT2D eigenvalue weighted by Gasteiger charge is 2.24. The van der Waals surface area contributed by atoms with Crippen molar-refractivity contribution < 1.29 is 28.8 Å². The molecule has 3 aliphatic rings. The van der Waals surface area contributed by atoms with Gasteiger partial charge in [0.2, 0.25) is 5.88 Å². The first-order chi connectivity index (χ1) is 25.0. The summed E-state index contributed by atoms with van der Waals surface area (Å²) in [5, 5.41) is 14.3. The molecule has 0 spiro atoms. The Labute approximate surface area is 294 Å². The van der Waals surface area contributed by atoms with E-state index in [0.717, 1.165) is 82.0 Å². The van der Waals surface area contributed by atoms with Crippen molar-refractivity contribution in [1.82, 2.24) is 24.3 Å². The van der Waals surface area contributed by atoms with Gasteiger partial charge in [0.05, 0.1) is 67.0 Å². The van der Waals surface area contributed by atoms with Crippen molar-refractivity contribution >= 4 is 17.0 Å². The lowest BCUT2D eigenvalue weighted by Crippen LogP contribution is -2.31. The number of hydrogen-bond acceptors (Lipinski definition) is 8. The molecule has 6 aromatic rings. The summed E-state index contributed by atoms with van der Waals surface area (Å²) < 4.78 is 28.1. The number of benzene rings is 3. The summed E-state index contributed by atoms with van der Waals surface area (Å²) in [5.41, 5.74) is 8.99. The minimum Gasteiger partial charge on any atom is -0.493 e. The quantitative estimate of drug-likeness (QED) is 0.201. The number of ether oxygens (including phenoxy) is 4. The summed E-state index contributed by atoms with van der Waals surface area (Å²) in [6.45, 7) is 3.67. The van der Waals surface area contributed by atoms with Crippen molar-refractivity contribution in [3.63, 3.8) is 0 Å². The van der Waals surface area contributed by atoms with E-state index in [4.69, 9.17) is 28.9 Å². The smallest absolute Gasteiger partial charge is 0.335 e. The van der Waals surface area contributed by atoms with E-state index in [-0.39, 0.29) is 11.7 Å². The normalized spacial score (nSPS) is 17.4. The number of aromatic carboxylic acids is 1. The molecule has 0 unspecified atom stereocenters. The van der Waals surface area contributed by atoms with Crippen LogP contribution in [-0.2, 0) is 35.5 Å². The summed E-state index contributed by atoms with van der Waals surface area (Å²) in [7, 11) is 0. The molecule has 0 saturated carbocycles. The first kappa shape index (κ1) is 31.5. The highest BCUT2D eigenvalue weighted by atomic mass is 16.5.